The molecule has 0 amide bonds. The zero-order valence-electron chi connectivity index (χ0n) is 10.4. The van der Waals surface area contributed by atoms with Crippen molar-refractivity contribution in [3.8, 4) is 0 Å². The summed E-state index contributed by atoms with van der Waals surface area (Å²) in [6, 6.07) is 7.86. The van der Waals surface area contributed by atoms with Crippen molar-refractivity contribution in [3.63, 3.8) is 0 Å². The van der Waals surface area contributed by atoms with Gasteiger partial charge in [-0.3, -0.25) is 0 Å². The van der Waals surface area contributed by atoms with Gasteiger partial charge in [0.05, 0.1) is 20.7 Å². The van der Waals surface area contributed by atoms with E-state index in [-0.39, 0.29) is 6.61 Å². The van der Waals surface area contributed by atoms with E-state index in [2.05, 4.69) is 24.3 Å². The lowest BCUT2D eigenvalue weighted by atomic mass is 10.3. The van der Waals surface area contributed by atoms with E-state index in [1.165, 1.54) is 0 Å². The molecule has 0 saturated heterocycles. The zero-order valence-corrected chi connectivity index (χ0v) is 10.4. The number of aromatic nitrogens is 3. The maximum atomic E-state index is 8.96. The van der Waals surface area contributed by atoms with Gasteiger partial charge in [-0.05, 0) is 12.1 Å². The third-order valence-corrected chi connectivity index (χ3v) is 2.94. The zero-order chi connectivity index (χ0) is 12.3. The summed E-state index contributed by atoms with van der Waals surface area (Å²) < 4.78 is 0.772. The van der Waals surface area contributed by atoms with Gasteiger partial charge in [0.1, 0.15) is 30.7 Å². The third kappa shape index (κ3) is 3.01. The molecule has 5 nitrogen and oxygen atoms in total. The van der Waals surface area contributed by atoms with Crippen molar-refractivity contribution in [2.75, 3.05) is 33.8 Å². The van der Waals surface area contributed by atoms with Crippen molar-refractivity contribution in [3.05, 3.63) is 24.3 Å². The Hall–Kier alpha value is -1.46. The average molecular weight is 235 g/mol. The Morgan fingerprint density at radius 2 is 1.71 bits per heavy atom. The summed E-state index contributed by atoms with van der Waals surface area (Å²) >= 11 is 0. The summed E-state index contributed by atoms with van der Waals surface area (Å²) in [4.78, 5) is 1.74. The monoisotopic (exact) mass is 235 g/mol. The molecule has 1 aromatic carbocycles. The topological polar surface area (TPSA) is 50.9 Å². The molecule has 1 N–H and O–H groups in total. The predicted octanol–water partition coefficient (Wildman–Crippen LogP) is 0.500. The predicted molar refractivity (Wildman–Crippen MR) is 66.5 cm³/mol. The van der Waals surface area contributed by atoms with Gasteiger partial charge in [0.15, 0.2) is 0 Å². The second kappa shape index (κ2) is 4.81. The molecule has 0 saturated carbocycles. The van der Waals surface area contributed by atoms with Crippen LogP contribution in [0.5, 0.6) is 0 Å². The Labute approximate surface area is 101 Å². The molecule has 1 heterocycles. The van der Waals surface area contributed by atoms with Crippen LogP contribution in [-0.2, 0) is 6.54 Å². The number of rotatable bonds is 5. The lowest BCUT2D eigenvalue weighted by molar-refractivity contribution is -0.891. The molecule has 0 atom stereocenters. The number of nitrogens with zero attached hydrogens (tertiary/aromatic N) is 4. The fourth-order valence-electron chi connectivity index (χ4n) is 1.75. The van der Waals surface area contributed by atoms with Crippen molar-refractivity contribution >= 4 is 11.0 Å². The summed E-state index contributed by atoms with van der Waals surface area (Å²) in [7, 11) is 4.19. The Morgan fingerprint density at radius 3 is 2.24 bits per heavy atom. The summed E-state index contributed by atoms with van der Waals surface area (Å²) in [6.45, 7) is 2.63. The maximum Gasteiger partial charge on any atom is 0.113 e. The van der Waals surface area contributed by atoms with Gasteiger partial charge >= 0.3 is 0 Å². The van der Waals surface area contributed by atoms with Crippen molar-refractivity contribution in [1.29, 1.82) is 0 Å². The van der Waals surface area contributed by atoms with Crippen LogP contribution in [-0.4, -0.2) is 58.4 Å². The van der Waals surface area contributed by atoms with E-state index in [0.717, 1.165) is 35.2 Å². The van der Waals surface area contributed by atoms with Crippen LogP contribution in [0.2, 0.25) is 0 Å². The number of quaternary nitrogens is 1. The lowest BCUT2D eigenvalue weighted by Crippen LogP contribution is -2.44. The van der Waals surface area contributed by atoms with E-state index in [1.807, 2.05) is 24.3 Å². The summed E-state index contributed by atoms with van der Waals surface area (Å²) in [6.07, 6.45) is 0. The van der Waals surface area contributed by atoms with Gasteiger partial charge in [0.2, 0.25) is 0 Å². The molecule has 0 aliphatic carbocycles. The van der Waals surface area contributed by atoms with Crippen molar-refractivity contribution in [2.24, 2.45) is 0 Å². The normalized spacial score (nSPS) is 12.2. The summed E-state index contributed by atoms with van der Waals surface area (Å²) in [5, 5.41) is 17.8. The molecule has 2 rings (SSSR count). The molecule has 0 aliphatic rings. The van der Waals surface area contributed by atoms with E-state index in [4.69, 9.17) is 5.11 Å². The second-order valence-electron chi connectivity index (χ2n) is 4.89. The lowest BCUT2D eigenvalue weighted by Gasteiger charge is -2.28. The maximum absolute atomic E-state index is 8.96. The molecule has 92 valence electrons. The van der Waals surface area contributed by atoms with Crippen LogP contribution in [0, 0.1) is 0 Å². The van der Waals surface area contributed by atoms with Gasteiger partial charge in [0, 0.05) is 0 Å². The standard InChI is InChI=1S/C12H19N4O/c1-16(2,9-10-17)8-7-15-13-11-5-3-4-6-12(11)14-15/h3-6,17H,7-10H2,1-2H3/q+1. The Kier molecular flexibility index (Phi) is 3.40. The quantitative estimate of drug-likeness (QED) is 0.768. The first-order chi connectivity index (χ1) is 8.11. The first-order valence-electron chi connectivity index (χ1n) is 5.83. The van der Waals surface area contributed by atoms with Gasteiger partial charge in [-0.15, -0.1) is 0 Å². The molecule has 0 spiro atoms. The molecule has 0 aliphatic heterocycles. The van der Waals surface area contributed by atoms with Gasteiger partial charge in [0.25, 0.3) is 0 Å². The van der Waals surface area contributed by atoms with Gasteiger partial charge in [-0.25, -0.2) is 0 Å². The number of hydrogen-bond donors (Lipinski definition) is 1. The fourth-order valence-corrected chi connectivity index (χ4v) is 1.75. The molecular formula is C12H19N4O+. The SMILES string of the molecule is C[N+](C)(CCO)CCn1nc2ccccc2n1. The number of hydrogen-bond acceptors (Lipinski definition) is 3. The molecule has 0 bridgehead atoms. The van der Waals surface area contributed by atoms with E-state index >= 15 is 0 Å². The molecular weight excluding hydrogens is 216 g/mol. The average Bonchev–Trinajstić information content (AvgIpc) is 2.69. The molecule has 1 aromatic heterocycles. The van der Waals surface area contributed by atoms with Crippen molar-refractivity contribution < 1.29 is 9.59 Å². The molecule has 5 heteroatoms. The second-order valence-corrected chi connectivity index (χ2v) is 4.89. The highest BCUT2D eigenvalue weighted by Crippen LogP contribution is 2.07. The summed E-state index contributed by atoms with van der Waals surface area (Å²) in [5.41, 5.74) is 1.86. The third-order valence-electron chi connectivity index (χ3n) is 2.94. The highest BCUT2D eigenvalue weighted by Gasteiger charge is 2.14. The first kappa shape index (κ1) is 12.0. The minimum Gasteiger partial charge on any atom is -0.391 e. The van der Waals surface area contributed by atoms with Gasteiger partial charge in [-0.1, -0.05) is 12.1 Å². The van der Waals surface area contributed by atoms with Crippen LogP contribution in [0.25, 0.3) is 11.0 Å². The van der Waals surface area contributed by atoms with Gasteiger partial charge < -0.3 is 9.59 Å². The first-order valence-corrected chi connectivity index (χ1v) is 5.83. The molecule has 0 radical (unpaired) electrons. The van der Waals surface area contributed by atoms with Crippen LogP contribution < -0.4 is 0 Å². The molecule has 0 unspecified atom stereocenters. The smallest absolute Gasteiger partial charge is 0.113 e. The van der Waals surface area contributed by atoms with Crippen LogP contribution in [0.15, 0.2) is 24.3 Å². The van der Waals surface area contributed by atoms with E-state index in [1.54, 1.807) is 4.80 Å². The number of aliphatic hydroxyl groups is 1. The van der Waals surface area contributed by atoms with Crippen LogP contribution in [0.3, 0.4) is 0 Å². The molecule has 17 heavy (non-hydrogen) atoms. The number of aliphatic hydroxyl groups excluding tert-OH is 1. The number of benzene rings is 1. The highest BCUT2D eigenvalue weighted by molar-refractivity contribution is 5.72. The molecule has 2 aromatic rings. The van der Waals surface area contributed by atoms with E-state index in [0.29, 0.717) is 0 Å². The Bertz CT molecular complexity index is 459. The minimum absolute atomic E-state index is 0.210. The fraction of sp³-hybridized carbons (Fsp3) is 0.500. The van der Waals surface area contributed by atoms with Gasteiger partial charge in [-0.2, -0.15) is 15.0 Å². The van der Waals surface area contributed by atoms with Crippen LogP contribution in [0.1, 0.15) is 0 Å². The number of fused-ring (bicyclic) bond motifs is 1. The highest BCUT2D eigenvalue weighted by atomic mass is 16.3. The Balaban J connectivity index is 2.04. The van der Waals surface area contributed by atoms with Crippen LogP contribution in [0.4, 0.5) is 0 Å². The van der Waals surface area contributed by atoms with Crippen LogP contribution >= 0.6 is 0 Å². The Morgan fingerprint density at radius 1 is 1.12 bits per heavy atom. The molecule has 0 fully saturated rings. The number of likely N-dealkylation sites (N-methyl/N-ethyl adjacent to an activating group) is 1. The summed E-state index contributed by atoms with van der Waals surface area (Å²) in [5.74, 6) is 0. The van der Waals surface area contributed by atoms with Crippen molar-refractivity contribution in [1.82, 2.24) is 15.0 Å². The van der Waals surface area contributed by atoms with E-state index < -0.39 is 0 Å². The van der Waals surface area contributed by atoms with Crippen molar-refractivity contribution in [2.45, 2.75) is 6.54 Å². The minimum atomic E-state index is 0.210. The van der Waals surface area contributed by atoms with E-state index in [9.17, 15) is 0 Å². The largest absolute Gasteiger partial charge is 0.391 e.